The molecule has 2 aromatic heterocycles. The number of rotatable bonds is 6. The van der Waals surface area contributed by atoms with Crippen molar-refractivity contribution >= 4 is 76.2 Å². The van der Waals surface area contributed by atoms with Gasteiger partial charge >= 0.3 is 0 Å². The number of carbonyl (C=O) groups is 2. The lowest BCUT2D eigenvalue weighted by molar-refractivity contribution is -0.136. The molecule has 0 N–H and O–H groups in total. The number of morpholine rings is 1. The molecule has 17 heteroatoms. The van der Waals surface area contributed by atoms with Crippen LogP contribution in [0.25, 0.3) is 10.1 Å². The van der Waals surface area contributed by atoms with Crippen molar-refractivity contribution < 1.29 is 31.2 Å². The van der Waals surface area contributed by atoms with Crippen LogP contribution >= 0.6 is 34.3 Å². The Morgan fingerprint density at radius 1 is 1.02 bits per heavy atom. The fourth-order valence-electron chi connectivity index (χ4n) is 5.54. The third-order valence-electron chi connectivity index (χ3n) is 7.88. The summed E-state index contributed by atoms with van der Waals surface area (Å²) in [5, 5.41) is 1.49. The minimum Gasteiger partial charge on any atom is -0.378 e. The first-order valence-electron chi connectivity index (χ1n) is 13.7. The van der Waals surface area contributed by atoms with Gasteiger partial charge in [0.1, 0.15) is 4.21 Å². The molecule has 0 spiro atoms. The number of ether oxygens (including phenoxy) is 1. The molecule has 2 saturated heterocycles. The number of fused-ring (bicyclic) bond motifs is 2. The Morgan fingerprint density at radius 2 is 1.79 bits per heavy atom. The van der Waals surface area contributed by atoms with Crippen molar-refractivity contribution in [3.8, 4) is 0 Å². The van der Waals surface area contributed by atoms with Gasteiger partial charge in [-0.15, -0.1) is 22.7 Å². The second kappa shape index (κ2) is 12.0. The van der Waals surface area contributed by atoms with E-state index in [1.165, 1.54) is 8.61 Å². The highest BCUT2D eigenvalue weighted by atomic mass is 35.5. The minimum absolute atomic E-state index is 0.0489. The Balaban J connectivity index is 1.26. The number of piperazine rings is 1. The largest absolute Gasteiger partial charge is 0.378 e. The van der Waals surface area contributed by atoms with Crippen LogP contribution in [-0.4, -0.2) is 117 Å². The fraction of sp³-hybridized carbons (Fsp3) is 0.500. The summed E-state index contributed by atoms with van der Waals surface area (Å²) in [7, 11) is -7.31. The number of halogens is 1. The number of carbonyl (C=O) groups excluding carboxylic acids is 2. The van der Waals surface area contributed by atoms with Gasteiger partial charge in [0, 0.05) is 73.3 Å². The van der Waals surface area contributed by atoms with Crippen LogP contribution in [0.3, 0.4) is 0 Å². The molecular weight excluding hydrogens is 658 g/mol. The highest BCUT2D eigenvalue weighted by Gasteiger charge is 2.40. The summed E-state index contributed by atoms with van der Waals surface area (Å²) in [5.74, 6) is -0.567. The Bertz CT molecular complexity index is 1790. The second-order valence-electron chi connectivity index (χ2n) is 10.7. The third-order valence-corrected chi connectivity index (χ3v) is 13.8. The van der Waals surface area contributed by atoms with E-state index in [4.69, 9.17) is 16.3 Å². The topological polar surface area (TPSA) is 137 Å². The molecular formula is C26H30ClN5O7S4. The Hall–Kier alpha value is -2.18. The number of hydrogen-bond donors (Lipinski definition) is 0. The van der Waals surface area contributed by atoms with E-state index in [1.54, 1.807) is 34.1 Å². The van der Waals surface area contributed by atoms with Gasteiger partial charge in [0.2, 0.25) is 15.9 Å². The smallest absolute Gasteiger partial charge is 0.283 e. The maximum Gasteiger partial charge on any atom is 0.283 e. The number of hydrogen-bond acceptors (Lipinski definition) is 10. The van der Waals surface area contributed by atoms with Gasteiger partial charge in [-0.25, -0.2) is 21.8 Å². The van der Waals surface area contributed by atoms with Crippen molar-refractivity contribution in [1.29, 1.82) is 0 Å². The van der Waals surface area contributed by atoms with Crippen molar-refractivity contribution in [3.63, 3.8) is 0 Å². The Labute approximate surface area is 262 Å². The van der Waals surface area contributed by atoms with Gasteiger partial charge < -0.3 is 14.5 Å². The summed E-state index contributed by atoms with van der Waals surface area (Å²) >= 11 is 8.39. The second-order valence-corrected chi connectivity index (χ2v) is 17.4. The number of amides is 2. The maximum absolute atomic E-state index is 13.9. The molecule has 2 amide bonds. The van der Waals surface area contributed by atoms with Crippen LogP contribution in [0.5, 0.6) is 0 Å². The lowest BCUT2D eigenvalue weighted by Gasteiger charge is -2.41. The molecule has 0 bridgehead atoms. The summed E-state index contributed by atoms with van der Waals surface area (Å²) < 4.78 is 60.7. The first kappa shape index (κ1) is 30.8. The molecule has 3 aliphatic heterocycles. The number of aromatic nitrogens is 1. The molecule has 232 valence electrons. The summed E-state index contributed by atoms with van der Waals surface area (Å²) in [5.41, 5.74) is 0.695. The number of thiazole rings is 1. The third kappa shape index (κ3) is 6.33. The lowest BCUT2D eigenvalue weighted by Crippen LogP contribution is -2.58. The molecule has 3 aromatic rings. The van der Waals surface area contributed by atoms with Crippen LogP contribution in [0.4, 0.5) is 0 Å². The molecule has 0 saturated carbocycles. The van der Waals surface area contributed by atoms with E-state index in [9.17, 15) is 26.4 Å². The predicted molar refractivity (Wildman–Crippen MR) is 164 cm³/mol. The average molecular weight is 688 g/mol. The zero-order chi connectivity index (χ0) is 30.5. The SMILES string of the molecule is CS(=O)(=O)N1CCc2nc(C(=O)N3CCN(S(=O)(=O)c4cc5ccc(Cl)cc5s4)CC3CC(=O)N3CCOCC3)sc2C1. The molecule has 1 atom stereocenters. The van der Waals surface area contributed by atoms with Gasteiger partial charge in [-0.2, -0.15) is 8.61 Å². The average Bonchev–Trinajstić information content (AvgIpc) is 3.61. The predicted octanol–water partition coefficient (Wildman–Crippen LogP) is 2.09. The van der Waals surface area contributed by atoms with E-state index in [2.05, 4.69) is 4.98 Å². The number of benzene rings is 1. The van der Waals surface area contributed by atoms with Gasteiger partial charge in [0.15, 0.2) is 5.01 Å². The lowest BCUT2D eigenvalue weighted by atomic mass is 10.1. The molecule has 6 rings (SSSR count). The molecule has 0 aliphatic carbocycles. The number of thiophene rings is 1. The normalized spacial score (nSPS) is 20.8. The first-order chi connectivity index (χ1) is 20.4. The van der Waals surface area contributed by atoms with E-state index in [1.807, 2.05) is 0 Å². The van der Waals surface area contributed by atoms with Crippen LogP contribution < -0.4 is 0 Å². The quantitative estimate of drug-likeness (QED) is 0.384. The number of nitrogens with zero attached hydrogens (tertiary/aromatic N) is 5. The minimum atomic E-state index is -3.92. The summed E-state index contributed by atoms with van der Waals surface area (Å²) in [4.78, 5) is 35.7. The molecule has 43 heavy (non-hydrogen) atoms. The monoisotopic (exact) mass is 687 g/mol. The van der Waals surface area contributed by atoms with Crippen LogP contribution in [0.15, 0.2) is 28.5 Å². The molecule has 3 aliphatic rings. The zero-order valence-electron chi connectivity index (χ0n) is 23.3. The van der Waals surface area contributed by atoms with E-state index < -0.39 is 32.0 Å². The van der Waals surface area contributed by atoms with Crippen molar-refractivity contribution in [3.05, 3.63) is 44.9 Å². The highest BCUT2D eigenvalue weighted by molar-refractivity contribution is 7.91. The van der Waals surface area contributed by atoms with Gasteiger partial charge in [-0.1, -0.05) is 17.7 Å². The fourth-order valence-corrected chi connectivity index (χ4v) is 10.8. The standard InChI is InChI=1S/C26H30ClN5O7S4/c1-42(35,36)30-5-4-20-22(16-30)41-25(28-20)26(34)32-7-6-31(15-19(32)14-23(33)29-8-10-39-11-9-29)43(37,38)24-12-17-2-3-18(27)13-21(17)40-24/h2-3,12-13,19H,4-11,14-16H2,1H3. The summed E-state index contributed by atoms with van der Waals surface area (Å²) in [6.45, 7) is 2.24. The molecule has 5 heterocycles. The van der Waals surface area contributed by atoms with E-state index in [0.717, 1.165) is 39.0 Å². The molecule has 1 unspecified atom stereocenters. The van der Waals surface area contributed by atoms with Crippen LogP contribution in [-0.2, 0) is 42.5 Å². The van der Waals surface area contributed by atoms with E-state index in [-0.39, 0.29) is 47.7 Å². The van der Waals surface area contributed by atoms with Crippen LogP contribution in [0.2, 0.25) is 5.02 Å². The number of sulfonamides is 2. The highest BCUT2D eigenvalue weighted by Crippen LogP contribution is 2.34. The summed E-state index contributed by atoms with van der Waals surface area (Å²) in [6, 6.07) is 6.11. The molecule has 1 aromatic carbocycles. The van der Waals surface area contributed by atoms with Crippen molar-refractivity contribution in [2.45, 2.75) is 29.6 Å². The Morgan fingerprint density at radius 3 is 2.53 bits per heavy atom. The summed E-state index contributed by atoms with van der Waals surface area (Å²) in [6.07, 6.45) is 1.51. The van der Waals surface area contributed by atoms with Crippen LogP contribution in [0.1, 0.15) is 26.8 Å². The zero-order valence-corrected chi connectivity index (χ0v) is 27.3. The van der Waals surface area contributed by atoms with Crippen molar-refractivity contribution in [2.75, 3.05) is 58.7 Å². The van der Waals surface area contributed by atoms with Gasteiger partial charge in [-0.3, -0.25) is 9.59 Å². The maximum atomic E-state index is 13.9. The van der Waals surface area contributed by atoms with Gasteiger partial charge in [0.05, 0.1) is 31.2 Å². The van der Waals surface area contributed by atoms with Gasteiger partial charge in [-0.05, 0) is 23.6 Å². The molecule has 12 nitrogen and oxygen atoms in total. The van der Waals surface area contributed by atoms with Crippen molar-refractivity contribution in [1.82, 2.24) is 23.4 Å². The van der Waals surface area contributed by atoms with E-state index in [0.29, 0.717) is 54.9 Å². The van der Waals surface area contributed by atoms with E-state index >= 15 is 0 Å². The first-order valence-corrected chi connectivity index (χ1v) is 19.0. The molecule has 0 radical (unpaired) electrons. The van der Waals surface area contributed by atoms with Crippen molar-refractivity contribution in [2.24, 2.45) is 0 Å². The van der Waals surface area contributed by atoms with Gasteiger partial charge in [0.25, 0.3) is 15.9 Å². The van der Waals surface area contributed by atoms with Crippen LogP contribution in [0, 0.1) is 0 Å². The molecule has 2 fully saturated rings. The Kier molecular flexibility index (Phi) is 8.58.